The molecule has 5 nitrogen and oxygen atoms in total. The maximum Gasteiger partial charge on any atom is 0.253 e. The van der Waals surface area contributed by atoms with Crippen molar-refractivity contribution in [2.45, 2.75) is 19.3 Å². The summed E-state index contributed by atoms with van der Waals surface area (Å²) in [5.41, 5.74) is 5.57. The van der Waals surface area contributed by atoms with Gasteiger partial charge in [-0.2, -0.15) is 0 Å². The van der Waals surface area contributed by atoms with E-state index in [1.165, 1.54) is 0 Å². The Bertz CT molecular complexity index is 812. The summed E-state index contributed by atoms with van der Waals surface area (Å²) >= 11 is 6.02. The summed E-state index contributed by atoms with van der Waals surface area (Å²) in [5.74, 6) is 0.258. The number of hydrogen-bond donors (Lipinski definition) is 1. The smallest absolute Gasteiger partial charge is 0.253 e. The number of benzene rings is 2. The number of carbonyl (C=O) groups excluding carboxylic acids is 2. The fraction of sp³-hybridized carbons (Fsp3) is 0.333. The average molecular weight is 387 g/mol. The highest BCUT2D eigenvalue weighted by molar-refractivity contribution is 6.30. The molecule has 2 N–H and O–H groups in total. The standard InChI is InChI=1S/C21H23ClN2O3/c22-17-7-4-6-16(12-17)20(26)24-11-5-10-21(14-24,13-19(23)25)15-27-18-8-2-1-3-9-18/h1-4,6-9,12H,5,10-11,13-15H2,(H2,23,25)/t21-/m0/s1. The van der Waals surface area contributed by atoms with Gasteiger partial charge in [-0.15, -0.1) is 0 Å². The van der Waals surface area contributed by atoms with Crippen LogP contribution in [0, 0.1) is 5.41 Å². The Morgan fingerprint density at radius 1 is 1.15 bits per heavy atom. The lowest BCUT2D eigenvalue weighted by Gasteiger charge is -2.42. The minimum Gasteiger partial charge on any atom is -0.493 e. The van der Waals surface area contributed by atoms with E-state index in [4.69, 9.17) is 22.1 Å². The largest absolute Gasteiger partial charge is 0.493 e. The second-order valence-corrected chi connectivity index (χ2v) is 7.52. The molecular weight excluding hydrogens is 364 g/mol. The van der Waals surface area contributed by atoms with Crippen molar-refractivity contribution in [3.05, 3.63) is 65.2 Å². The van der Waals surface area contributed by atoms with Crippen molar-refractivity contribution >= 4 is 23.4 Å². The number of halogens is 1. The zero-order chi connectivity index (χ0) is 19.3. The van der Waals surface area contributed by atoms with Crippen LogP contribution < -0.4 is 10.5 Å². The molecule has 0 radical (unpaired) electrons. The van der Waals surface area contributed by atoms with Crippen LogP contribution in [0.4, 0.5) is 0 Å². The Hall–Kier alpha value is -2.53. The van der Waals surface area contributed by atoms with Gasteiger partial charge in [-0.05, 0) is 43.2 Å². The third kappa shape index (κ3) is 5.01. The predicted octanol–water partition coefficient (Wildman–Crippen LogP) is 3.52. The second kappa shape index (κ2) is 8.44. The van der Waals surface area contributed by atoms with Gasteiger partial charge in [0.2, 0.25) is 5.91 Å². The number of amides is 2. The van der Waals surface area contributed by atoms with Crippen LogP contribution in [0.2, 0.25) is 5.02 Å². The molecule has 0 unspecified atom stereocenters. The Morgan fingerprint density at radius 2 is 1.93 bits per heavy atom. The van der Waals surface area contributed by atoms with E-state index in [2.05, 4.69) is 0 Å². The highest BCUT2D eigenvalue weighted by atomic mass is 35.5. The maximum absolute atomic E-state index is 12.9. The topological polar surface area (TPSA) is 72.6 Å². The minimum atomic E-state index is -0.492. The van der Waals surface area contributed by atoms with Crippen LogP contribution in [-0.4, -0.2) is 36.4 Å². The maximum atomic E-state index is 12.9. The van der Waals surface area contributed by atoms with E-state index in [1.807, 2.05) is 30.3 Å². The average Bonchev–Trinajstić information content (AvgIpc) is 2.66. The molecule has 0 bridgehead atoms. The Morgan fingerprint density at radius 3 is 2.63 bits per heavy atom. The lowest BCUT2D eigenvalue weighted by molar-refractivity contribution is -0.122. The molecule has 2 amide bonds. The number of primary amides is 1. The Balaban J connectivity index is 1.77. The van der Waals surface area contributed by atoms with E-state index in [0.29, 0.717) is 30.3 Å². The summed E-state index contributed by atoms with van der Waals surface area (Å²) < 4.78 is 5.94. The van der Waals surface area contributed by atoms with Gasteiger partial charge in [0.05, 0.1) is 6.61 Å². The van der Waals surface area contributed by atoms with Crippen LogP contribution in [0.1, 0.15) is 29.6 Å². The molecule has 1 atom stereocenters. The zero-order valence-corrected chi connectivity index (χ0v) is 15.8. The number of nitrogens with zero attached hydrogens (tertiary/aromatic N) is 1. The molecule has 27 heavy (non-hydrogen) atoms. The molecule has 1 saturated heterocycles. The van der Waals surface area contributed by atoms with E-state index in [-0.39, 0.29) is 18.2 Å². The molecule has 1 fully saturated rings. The van der Waals surface area contributed by atoms with Crippen LogP contribution in [-0.2, 0) is 4.79 Å². The van der Waals surface area contributed by atoms with E-state index in [9.17, 15) is 9.59 Å². The first-order valence-corrected chi connectivity index (χ1v) is 9.36. The quantitative estimate of drug-likeness (QED) is 0.825. The highest BCUT2D eigenvalue weighted by Gasteiger charge is 2.39. The number of piperidine rings is 1. The number of ether oxygens (including phenoxy) is 1. The summed E-state index contributed by atoms with van der Waals surface area (Å²) in [7, 11) is 0. The molecule has 2 aromatic rings. The molecule has 6 heteroatoms. The van der Waals surface area contributed by atoms with Gasteiger partial charge in [-0.25, -0.2) is 0 Å². The molecule has 0 aromatic heterocycles. The number of nitrogens with two attached hydrogens (primary N) is 1. The van der Waals surface area contributed by atoms with Crippen molar-refractivity contribution in [1.29, 1.82) is 0 Å². The highest BCUT2D eigenvalue weighted by Crippen LogP contribution is 2.35. The van der Waals surface area contributed by atoms with Crippen molar-refractivity contribution in [3.63, 3.8) is 0 Å². The van der Waals surface area contributed by atoms with Crippen LogP contribution in [0.25, 0.3) is 0 Å². The summed E-state index contributed by atoms with van der Waals surface area (Å²) in [6.07, 6.45) is 1.75. The molecule has 1 heterocycles. The van der Waals surface area contributed by atoms with Crippen LogP contribution in [0.5, 0.6) is 5.75 Å². The second-order valence-electron chi connectivity index (χ2n) is 7.09. The third-order valence-electron chi connectivity index (χ3n) is 4.86. The SMILES string of the molecule is NC(=O)C[C@@]1(COc2ccccc2)CCCN(C(=O)c2cccc(Cl)c2)C1. The predicted molar refractivity (Wildman–Crippen MR) is 105 cm³/mol. The van der Waals surface area contributed by atoms with Gasteiger partial charge in [-0.3, -0.25) is 9.59 Å². The van der Waals surface area contributed by atoms with E-state index in [1.54, 1.807) is 29.2 Å². The molecule has 2 aromatic carbocycles. The lowest BCUT2D eigenvalue weighted by atomic mass is 9.77. The van der Waals surface area contributed by atoms with Gasteiger partial charge in [0.1, 0.15) is 5.75 Å². The minimum absolute atomic E-state index is 0.0919. The van der Waals surface area contributed by atoms with Gasteiger partial charge < -0.3 is 15.4 Å². The molecular formula is C21H23ClN2O3. The lowest BCUT2D eigenvalue weighted by Crippen LogP contribution is -2.50. The summed E-state index contributed by atoms with van der Waals surface area (Å²) in [6, 6.07) is 16.4. The van der Waals surface area contributed by atoms with E-state index < -0.39 is 5.41 Å². The molecule has 142 valence electrons. The number of carbonyl (C=O) groups is 2. The van der Waals surface area contributed by atoms with Crippen molar-refractivity contribution in [3.8, 4) is 5.75 Å². The van der Waals surface area contributed by atoms with Crippen LogP contribution in [0.15, 0.2) is 54.6 Å². The summed E-state index contributed by atoms with van der Waals surface area (Å²) in [4.78, 5) is 26.4. The van der Waals surface area contributed by atoms with E-state index in [0.717, 1.165) is 18.6 Å². The van der Waals surface area contributed by atoms with Crippen molar-refractivity contribution < 1.29 is 14.3 Å². The third-order valence-corrected chi connectivity index (χ3v) is 5.09. The fourth-order valence-corrected chi connectivity index (χ4v) is 3.81. The van der Waals surface area contributed by atoms with Gasteiger partial charge in [-0.1, -0.05) is 35.9 Å². The Kier molecular flexibility index (Phi) is 6.01. The van der Waals surface area contributed by atoms with Crippen LogP contribution >= 0.6 is 11.6 Å². The fourth-order valence-electron chi connectivity index (χ4n) is 3.62. The first-order valence-electron chi connectivity index (χ1n) is 8.98. The molecule has 1 aliphatic rings. The number of likely N-dealkylation sites (tertiary alicyclic amines) is 1. The first kappa shape index (κ1) is 19.2. The first-order chi connectivity index (χ1) is 13.0. The summed E-state index contributed by atoms with van der Waals surface area (Å²) in [6.45, 7) is 1.39. The molecule has 0 aliphatic carbocycles. The van der Waals surface area contributed by atoms with Gasteiger partial charge in [0, 0.05) is 35.5 Å². The van der Waals surface area contributed by atoms with Crippen molar-refractivity contribution in [2.24, 2.45) is 11.1 Å². The zero-order valence-electron chi connectivity index (χ0n) is 15.1. The molecule has 3 rings (SSSR count). The molecule has 0 saturated carbocycles. The summed E-state index contributed by atoms with van der Waals surface area (Å²) in [5, 5.41) is 0.522. The molecule has 1 aliphatic heterocycles. The van der Waals surface area contributed by atoms with Gasteiger partial charge >= 0.3 is 0 Å². The van der Waals surface area contributed by atoms with E-state index >= 15 is 0 Å². The monoisotopic (exact) mass is 386 g/mol. The Labute approximate surface area is 164 Å². The van der Waals surface area contributed by atoms with Gasteiger partial charge in [0.15, 0.2) is 0 Å². The number of hydrogen-bond acceptors (Lipinski definition) is 3. The number of para-hydroxylation sites is 1. The normalized spacial score (nSPS) is 19.5. The van der Waals surface area contributed by atoms with Crippen molar-refractivity contribution in [2.75, 3.05) is 19.7 Å². The van der Waals surface area contributed by atoms with Crippen molar-refractivity contribution in [1.82, 2.24) is 4.90 Å². The van der Waals surface area contributed by atoms with Crippen LogP contribution in [0.3, 0.4) is 0 Å². The number of rotatable bonds is 6. The van der Waals surface area contributed by atoms with Gasteiger partial charge in [0.25, 0.3) is 5.91 Å². The molecule has 0 spiro atoms.